The Hall–Kier alpha value is -8.25. The average Bonchev–Trinajstić information content (AvgIpc) is 3.78. The highest BCUT2D eigenvalue weighted by Crippen LogP contribution is 2.43. The minimum absolute atomic E-state index is 0.790. The largest absolute Gasteiger partial charge is 0.291 e. The Bertz CT molecular complexity index is 3230. The van der Waals surface area contributed by atoms with E-state index in [1.54, 1.807) is 0 Å². The van der Waals surface area contributed by atoms with Gasteiger partial charge in [-0.05, 0) is 90.5 Å². The van der Waals surface area contributed by atoms with E-state index in [0.29, 0.717) is 0 Å². The fourth-order valence-corrected chi connectivity index (χ4v) is 14.2. The summed E-state index contributed by atoms with van der Waals surface area (Å²) in [6.45, 7) is 0. The van der Waals surface area contributed by atoms with E-state index in [0.717, 1.165) is 67.2 Å². The maximum absolute atomic E-state index is 5.50. The maximum atomic E-state index is 5.50. The van der Waals surface area contributed by atoms with Gasteiger partial charge in [-0.25, -0.2) is 4.98 Å². The lowest BCUT2D eigenvalue weighted by molar-refractivity contribution is 1.08. The van der Waals surface area contributed by atoms with Gasteiger partial charge < -0.3 is 0 Å². The average molecular weight is 835 g/mol. The van der Waals surface area contributed by atoms with Crippen molar-refractivity contribution in [3.8, 4) is 61.7 Å². The molecule has 0 aliphatic rings. The molecule has 11 rings (SSSR count). The lowest BCUT2D eigenvalue weighted by Crippen LogP contribution is -2.74. The quantitative estimate of drug-likeness (QED) is 0.102. The minimum atomic E-state index is -2.64. The molecule has 0 unspecified atom stereocenters. The number of para-hydroxylation sites is 1. The van der Waals surface area contributed by atoms with E-state index in [2.05, 4.69) is 216 Å². The molecule has 0 radical (unpaired) electrons. The van der Waals surface area contributed by atoms with Crippen LogP contribution in [0.3, 0.4) is 0 Å². The Kier molecular flexibility index (Phi) is 10.2. The second-order valence-electron chi connectivity index (χ2n) is 16.0. The summed E-state index contributed by atoms with van der Waals surface area (Å²) < 4.78 is 2.23. The summed E-state index contributed by atoms with van der Waals surface area (Å²) in [4.78, 5) is 14.8. The Labute approximate surface area is 374 Å². The lowest BCUT2D eigenvalue weighted by atomic mass is 9.88. The van der Waals surface area contributed by atoms with Crippen LogP contribution >= 0.6 is 0 Å². The Morgan fingerprint density at radius 1 is 0.359 bits per heavy atom. The van der Waals surface area contributed by atoms with Crippen molar-refractivity contribution in [2.75, 3.05) is 0 Å². The van der Waals surface area contributed by atoms with Gasteiger partial charge in [0.05, 0.1) is 11.0 Å². The summed E-state index contributed by atoms with van der Waals surface area (Å²) in [6, 6.07) is 85.2. The number of imidazole rings is 1. The van der Waals surface area contributed by atoms with Crippen LogP contribution in [0, 0.1) is 0 Å². The molecule has 302 valence electrons. The second kappa shape index (κ2) is 16.9. The molecule has 3 aromatic heterocycles. The molecule has 0 fully saturated rings. The van der Waals surface area contributed by atoms with Gasteiger partial charge in [-0.1, -0.05) is 200 Å². The van der Waals surface area contributed by atoms with Crippen molar-refractivity contribution in [1.29, 1.82) is 0 Å². The summed E-state index contributed by atoms with van der Waals surface area (Å²) >= 11 is 0. The molecule has 0 bridgehead atoms. The van der Waals surface area contributed by atoms with Crippen LogP contribution in [0.4, 0.5) is 0 Å². The third-order valence-corrected chi connectivity index (χ3v) is 17.2. The van der Waals surface area contributed by atoms with E-state index < -0.39 is 8.07 Å². The van der Waals surface area contributed by atoms with E-state index in [-0.39, 0.29) is 0 Å². The zero-order valence-corrected chi connectivity index (χ0v) is 36.0. The van der Waals surface area contributed by atoms with Crippen LogP contribution in [0.15, 0.2) is 255 Å². The number of benzene rings is 8. The van der Waals surface area contributed by atoms with E-state index >= 15 is 0 Å². The fraction of sp³-hybridized carbons (Fsp3) is 0. The van der Waals surface area contributed by atoms with Crippen molar-refractivity contribution >= 4 is 39.9 Å². The predicted octanol–water partition coefficient (Wildman–Crippen LogP) is 11.5. The smallest absolute Gasteiger partial charge is 0.179 e. The molecule has 11 aromatic rings. The molecule has 0 saturated heterocycles. The summed E-state index contributed by atoms with van der Waals surface area (Å²) in [5.41, 5.74) is 12.6. The van der Waals surface area contributed by atoms with Gasteiger partial charge in [-0.2, -0.15) is 0 Å². The molecule has 5 heteroatoms. The van der Waals surface area contributed by atoms with Crippen LogP contribution < -0.4 is 20.7 Å². The van der Waals surface area contributed by atoms with Crippen molar-refractivity contribution in [3.05, 3.63) is 255 Å². The van der Waals surface area contributed by atoms with Gasteiger partial charge in [-0.15, -0.1) is 0 Å². The molecular weight excluding hydrogens is 793 g/mol. The van der Waals surface area contributed by atoms with E-state index in [4.69, 9.17) is 9.97 Å². The first kappa shape index (κ1) is 38.7. The normalized spacial score (nSPS) is 11.4. The number of hydrogen-bond donors (Lipinski definition) is 0. The highest BCUT2D eigenvalue weighted by Gasteiger charge is 2.41. The Morgan fingerprint density at radius 2 is 0.891 bits per heavy atom. The van der Waals surface area contributed by atoms with Crippen molar-refractivity contribution < 1.29 is 0 Å². The molecule has 0 N–H and O–H groups in total. The van der Waals surface area contributed by atoms with Gasteiger partial charge in [0.25, 0.3) is 0 Å². The molecule has 3 heterocycles. The first-order chi connectivity index (χ1) is 31.8. The number of nitrogens with zero attached hydrogens (tertiary/aromatic N) is 4. The van der Waals surface area contributed by atoms with Crippen LogP contribution in [-0.4, -0.2) is 27.6 Å². The van der Waals surface area contributed by atoms with E-state index in [1.165, 1.54) is 26.3 Å². The SMILES string of the molecule is c1ccc(-n2c(-c3ccccn3)nc3c(-c4ccc(-c5ccc([Si](c6ccccc6)(c6ccccc6)c6ccccc6)cc5)cc4)c(-c4ccccc4-c4cccnc4)ccc32)cc1. The molecule has 0 spiro atoms. The second-order valence-corrected chi connectivity index (χ2v) is 19.8. The molecule has 0 saturated carbocycles. The van der Waals surface area contributed by atoms with Crippen LogP contribution in [-0.2, 0) is 0 Å². The van der Waals surface area contributed by atoms with Crippen LogP contribution in [0.1, 0.15) is 0 Å². The van der Waals surface area contributed by atoms with Gasteiger partial charge in [0, 0.05) is 35.4 Å². The first-order valence-electron chi connectivity index (χ1n) is 21.7. The number of hydrogen-bond acceptors (Lipinski definition) is 3. The highest BCUT2D eigenvalue weighted by atomic mass is 28.3. The van der Waals surface area contributed by atoms with Gasteiger partial charge in [-0.3, -0.25) is 14.5 Å². The standard InChI is InChI=1S/C59H42N4Si/c1-5-19-47(20-6-1)63-56-39-38-54(53-28-14-13-27-52(53)46-18-17-40-60-42-46)57(58(56)62-59(63)55-29-15-16-41-61-55)45-32-30-43(31-33-45)44-34-36-51(37-35-44)64(48-21-7-2-8-22-48,49-23-9-3-10-24-49)50-25-11-4-12-26-50/h1-42H. The topological polar surface area (TPSA) is 43.6 Å². The molecule has 0 amide bonds. The zero-order chi connectivity index (χ0) is 42.7. The fourth-order valence-electron chi connectivity index (χ4n) is 9.46. The van der Waals surface area contributed by atoms with Gasteiger partial charge in [0.1, 0.15) is 5.69 Å². The summed E-state index contributed by atoms with van der Waals surface area (Å²) in [5.74, 6) is 0.790. The number of rotatable bonds is 10. The third-order valence-electron chi connectivity index (χ3n) is 12.4. The summed E-state index contributed by atoms with van der Waals surface area (Å²) in [7, 11) is -2.64. The lowest BCUT2D eigenvalue weighted by Gasteiger charge is -2.34. The van der Waals surface area contributed by atoms with Gasteiger partial charge in [0.15, 0.2) is 13.9 Å². The molecule has 64 heavy (non-hydrogen) atoms. The summed E-state index contributed by atoms with van der Waals surface area (Å²) in [5, 5.41) is 5.43. The van der Waals surface area contributed by atoms with Crippen molar-refractivity contribution in [1.82, 2.24) is 19.5 Å². The third kappa shape index (κ3) is 6.85. The predicted molar refractivity (Wildman–Crippen MR) is 267 cm³/mol. The molecule has 0 atom stereocenters. The zero-order valence-electron chi connectivity index (χ0n) is 35.0. The maximum Gasteiger partial charge on any atom is 0.179 e. The Morgan fingerprint density at radius 3 is 1.47 bits per heavy atom. The first-order valence-corrected chi connectivity index (χ1v) is 23.7. The van der Waals surface area contributed by atoms with Gasteiger partial charge >= 0.3 is 0 Å². The number of fused-ring (bicyclic) bond motifs is 1. The molecule has 8 aromatic carbocycles. The monoisotopic (exact) mass is 834 g/mol. The van der Waals surface area contributed by atoms with Crippen LogP contribution in [0.25, 0.3) is 72.7 Å². The summed E-state index contributed by atoms with van der Waals surface area (Å²) in [6.07, 6.45) is 5.59. The minimum Gasteiger partial charge on any atom is -0.291 e. The van der Waals surface area contributed by atoms with Crippen LogP contribution in [0.5, 0.6) is 0 Å². The van der Waals surface area contributed by atoms with Crippen molar-refractivity contribution in [2.45, 2.75) is 0 Å². The molecule has 0 aliphatic heterocycles. The van der Waals surface area contributed by atoms with Crippen molar-refractivity contribution in [2.24, 2.45) is 0 Å². The molecular formula is C59H42N4Si. The molecule has 0 aliphatic carbocycles. The molecule has 4 nitrogen and oxygen atoms in total. The Balaban J connectivity index is 1.07. The van der Waals surface area contributed by atoms with Crippen LogP contribution in [0.2, 0.25) is 0 Å². The number of pyridine rings is 2. The van der Waals surface area contributed by atoms with E-state index in [1.807, 2.05) is 48.9 Å². The van der Waals surface area contributed by atoms with E-state index in [9.17, 15) is 0 Å². The number of aromatic nitrogens is 4. The highest BCUT2D eigenvalue weighted by molar-refractivity contribution is 7.19. The van der Waals surface area contributed by atoms with Crippen molar-refractivity contribution in [3.63, 3.8) is 0 Å². The van der Waals surface area contributed by atoms with Gasteiger partial charge in [0.2, 0.25) is 0 Å².